The molecular weight excluding hydrogens is 372 g/mol. The van der Waals surface area contributed by atoms with E-state index in [1.54, 1.807) is 46.0 Å². The molecule has 0 fully saturated rings. The molecule has 160 valence electrons. The van der Waals surface area contributed by atoms with Crippen LogP contribution in [0.25, 0.3) is 0 Å². The van der Waals surface area contributed by atoms with Crippen LogP contribution in [-0.4, -0.2) is 49.3 Å². The van der Waals surface area contributed by atoms with Gasteiger partial charge in [0.15, 0.2) is 0 Å². The van der Waals surface area contributed by atoms with Crippen LogP contribution in [0.3, 0.4) is 0 Å². The number of nitrogens with one attached hydrogen (secondary N) is 1. The lowest BCUT2D eigenvalue weighted by Gasteiger charge is -2.33. The van der Waals surface area contributed by atoms with E-state index >= 15 is 0 Å². The number of carbonyl (C=O) groups excluding carboxylic acids is 2. The molecule has 1 heterocycles. The Morgan fingerprint density at radius 3 is 2.52 bits per heavy atom. The van der Waals surface area contributed by atoms with Crippen molar-refractivity contribution in [3.63, 3.8) is 0 Å². The van der Waals surface area contributed by atoms with Crippen LogP contribution in [0.2, 0.25) is 0 Å². The molecular formula is C22H32N2O5. The van der Waals surface area contributed by atoms with E-state index in [0.29, 0.717) is 24.6 Å². The molecule has 0 radical (unpaired) electrons. The summed E-state index contributed by atoms with van der Waals surface area (Å²) in [6, 6.07) is 4.74. The molecule has 29 heavy (non-hydrogen) atoms. The van der Waals surface area contributed by atoms with Gasteiger partial charge in [0.05, 0.1) is 14.2 Å². The summed E-state index contributed by atoms with van der Waals surface area (Å²) in [6.07, 6.45) is 3.30. The first-order valence-electron chi connectivity index (χ1n) is 9.64. The van der Waals surface area contributed by atoms with Crippen molar-refractivity contribution in [2.24, 2.45) is 5.41 Å². The average Bonchev–Trinajstić information content (AvgIpc) is 2.72. The Hall–Kier alpha value is -2.70. The predicted octanol–water partition coefficient (Wildman–Crippen LogP) is 3.52. The van der Waals surface area contributed by atoms with Crippen LogP contribution < -0.4 is 14.8 Å². The molecule has 0 aromatic heterocycles. The predicted molar refractivity (Wildman–Crippen MR) is 111 cm³/mol. The van der Waals surface area contributed by atoms with Crippen LogP contribution in [0.15, 0.2) is 30.4 Å². The van der Waals surface area contributed by atoms with Crippen molar-refractivity contribution < 1.29 is 23.8 Å². The Labute approximate surface area is 173 Å². The minimum atomic E-state index is -0.750. The fourth-order valence-electron chi connectivity index (χ4n) is 3.17. The van der Waals surface area contributed by atoms with Crippen LogP contribution in [0, 0.1) is 5.41 Å². The number of benzene rings is 1. The zero-order valence-electron chi connectivity index (χ0n) is 18.4. The van der Waals surface area contributed by atoms with E-state index < -0.39 is 23.2 Å². The molecule has 7 heteroatoms. The number of rotatable bonds is 5. The molecule has 0 bridgehead atoms. The molecule has 1 atom stereocenters. The second-order valence-electron chi connectivity index (χ2n) is 8.70. The van der Waals surface area contributed by atoms with Crippen molar-refractivity contribution in [2.75, 3.05) is 20.8 Å². The molecule has 2 amide bonds. The average molecular weight is 405 g/mol. The zero-order valence-corrected chi connectivity index (χ0v) is 18.4. The molecule has 1 N–H and O–H groups in total. The highest BCUT2D eigenvalue weighted by Crippen LogP contribution is 2.30. The van der Waals surface area contributed by atoms with Crippen molar-refractivity contribution >= 4 is 12.0 Å². The number of ether oxygens (including phenoxy) is 3. The number of hydrogen-bond donors (Lipinski definition) is 1. The monoisotopic (exact) mass is 404 g/mol. The van der Waals surface area contributed by atoms with Gasteiger partial charge in [0, 0.05) is 30.1 Å². The first kappa shape index (κ1) is 22.6. The fourth-order valence-corrected chi connectivity index (χ4v) is 3.17. The molecule has 1 aromatic carbocycles. The Bertz CT molecular complexity index is 780. The first-order chi connectivity index (χ1) is 13.5. The van der Waals surface area contributed by atoms with Crippen LogP contribution in [0.4, 0.5) is 4.79 Å². The van der Waals surface area contributed by atoms with Crippen molar-refractivity contribution in [3.8, 4) is 11.5 Å². The van der Waals surface area contributed by atoms with Crippen LogP contribution in [-0.2, 0) is 16.1 Å². The Balaban J connectivity index is 2.25. The number of methoxy groups -OCH3 is 2. The molecule has 7 nitrogen and oxygen atoms in total. The number of amides is 2. The summed E-state index contributed by atoms with van der Waals surface area (Å²) in [5.74, 6) is 1.14. The van der Waals surface area contributed by atoms with Crippen molar-refractivity contribution in [2.45, 2.75) is 52.8 Å². The van der Waals surface area contributed by atoms with E-state index in [2.05, 4.69) is 5.32 Å². The maximum Gasteiger partial charge on any atom is 0.408 e. The third-order valence-corrected chi connectivity index (χ3v) is 4.69. The molecule has 1 aliphatic rings. The van der Waals surface area contributed by atoms with E-state index in [1.165, 1.54) is 0 Å². The van der Waals surface area contributed by atoms with Gasteiger partial charge in [-0.3, -0.25) is 4.79 Å². The number of alkyl carbamates (subject to hydrolysis) is 1. The minimum absolute atomic E-state index is 0.177. The highest BCUT2D eigenvalue weighted by molar-refractivity contribution is 5.87. The quantitative estimate of drug-likeness (QED) is 0.760. The minimum Gasteiger partial charge on any atom is -0.497 e. The van der Waals surface area contributed by atoms with Crippen LogP contribution >= 0.6 is 0 Å². The maximum atomic E-state index is 13.3. The van der Waals surface area contributed by atoms with Crippen LogP contribution in [0.1, 0.15) is 40.2 Å². The van der Waals surface area contributed by atoms with Crippen LogP contribution in [0.5, 0.6) is 11.5 Å². The summed E-state index contributed by atoms with van der Waals surface area (Å²) < 4.78 is 16.1. The summed E-state index contributed by atoms with van der Waals surface area (Å²) in [7, 11) is 3.17. The molecule has 1 unspecified atom stereocenters. The number of hydrogen-bond acceptors (Lipinski definition) is 5. The topological polar surface area (TPSA) is 77.1 Å². The second kappa shape index (κ2) is 8.76. The Morgan fingerprint density at radius 1 is 1.24 bits per heavy atom. The standard InChI is InChI=1S/C22H32N2O5/c1-21(2,3)29-20(26)23-18-19(25)24(12-8-11-22(18,4)5)14-15-9-10-16(27-6)13-17(15)28-7/h8-11,13,18H,12,14H2,1-7H3,(H,23,26). The van der Waals surface area contributed by atoms with Gasteiger partial charge in [0.25, 0.3) is 0 Å². The van der Waals surface area contributed by atoms with Crippen molar-refractivity contribution in [1.29, 1.82) is 0 Å². The summed E-state index contributed by atoms with van der Waals surface area (Å²) in [4.78, 5) is 27.4. The maximum absolute atomic E-state index is 13.3. The van der Waals surface area contributed by atoms with E-state index in [9.17, 15) is 9.59 Å². The third kappa shape index (κ3) is 5.89. The highest BCUT2D eigenvalue weighted by atomic mass is 16.6. The smallest absolute Gasteiger partial charge is 0.408 e. The lowest BCUT2D eigenvalue weighted by atomic mass is 9.84. The van der Waals surface area contributed by atoms with Crippen molar-refractivity contribution in [3.05, 3.63) is 35.9 Å². The van der Waals surface area contributed by atoms with Gasteiger partial charge < -0.3 is 24.4 Å². The van der Waals surface area contributed by atoms with Gasteiger partial charge in [-0.05, 0) is 32.9 Å². The van der Waals surface area contributed by atoms with Gasteiger partial charge in [-0.15, -0.1) is 0 Å². The van der Waals surface area contributed by atoms with E-state index in [0.717, 1.165) is 5.56 Å². The van der Waals surface area contributed by atoms with Gasteiger partial charge in [-0.25, -0.2) is 4.79 Å². The third-order valence-electron chi connectivity index (χ3n) is 4.69. The summed E-state index contributed by atoms with van der Waals surface area (Å²) in [5.41, 5.74) is -0.355. The van der Waals surface area contributed by atoms with Gasteiger partial charge in [-0.2, -0.15) is 0 Å². The van der Waals surface area contributed by atoms with Gasteiger partial charge >= 0.3 is 6.09 Å². The van der Waals surface area contributed by atoms with Gasteiger partial charge in [0.1, 0.15) is 23.1 Å². The molecule has 0 aliphatic carbocycles. The largest absolute Gasteiger partial charge is 0.497 e. The molecule has 1 aromatic rings. The fraction of sp³-hybridized carbons (Fsp3) is 0.545. The normalized spacial score (nSPS) is 18.8. The SMILES string of the molecule is COc1ccc(CN2CC=CC(C)(C)C(NC(=O)OC(C)(C)C)C2=O)c(OC)c1. The van der Waals surface area contributed by atoms with E-state index in [4.69, 9.17) is 14.2 Å². The van der Waals surface area contributed by atoms with Crippen molar-refractivity contribution in [1.82, 2.24) is 10.2 Å². The van der Waals surface area contributed by atoms with Gasteiger partial charge in [-0.1, -0.05) is 26.0 Å². The lowest BCUT2D eigenvalue weighted by Crippen LogP contribution is -2.54. The molecule has 0 saturated heterocycles. The summed E-state index contributed by atoms with van der Waals surface area (Å²) in [6.45, 7) is 9.98. The molecule has 2 rings (SSSR count). The molecule has 0 saturated carbocycles. The lowest BCUT2D eigenvalue weighted by molar-refractivity contribution is -0.135. The van der Waals surface area contributed by atoms with E-state index in [-0.39, 0.29) is 5.91 Å². The number of carbonyl (C=O) groups is 2. The highest BCUT2D eigenvalue weighted by Gasteiger charge is 2.39. The van der Waals surface area contributed by atoms with E-state index in [1.807, 2.05) is 38.1 Å². The first-order valence-corrected chi connectivity index (χ1v) is 9.64. The Kier molecular flexibility index (Phi) is 6.82. The zero-order chi connectivity index (χ0) is 21.8. The Morgan fingerprint density at radius 2 is 1.93 bits per heavy atom. The second-order valence-corrected chi connectivity index (χ2v) is 8.70. The molecule has 1 aliphatic heterocycles. The molecule has 0 spiro atoms. The summed E-state index contributed by atoms with van der Waals surface area (Å²) >= 11 is 0. The summed E-state index contributed by atoms with van der Waals surface area (Å²) in [5, 5.41) is 2.76. The number of nitrogens with zero attached hydrogens (tertiary/aromatic N) is 1. The van der Waals surface area contributed by atoms with Gasteiger partial charge in [0.2, 0.25) is 5.91 Å².